The van der Waals surface area contributed by atoms with Crippen molar-refractivity contribution in [3.05, 3.63) is 23.8 Å². The largest absolute Gasteiger partial charge is 0.497 e. The molecule has 1 aliphatic carbocycles. The number of likely N-dealkylation sites (tertiary alicyclic amines) is 1. The monoisotopic (exact) mass is 471 g/mol. The number of rotatable bonds is 8. The van der Waals surface area contributed by atoms with Crippen molar-refractivity contribution < 1.29 is 14.2 Å². The third kappa shape index (κ3) is 7.51. The van der Waals surface area contributed by atoms with Gasteiger partial charge in [0.05, 0.1) is 32.1 Å². The molecule has 0 aromatic heterocycles. The van der Waals surface area contributed by atoms with Crippen LogP contribution in [0.15, 0.2) is 23.2 Å². The van der Waals surface area contributed by atoms with Gasteiger partial charge in [-0.05, 0) is 100 Å². The van der Waals surface area contributed by atoms with Crippen LogP contribution in [0.3, 0.4) is 0 Å². The molecular formula is C28H45N3O3. The summed E-state index contributed by atoms with van der Waals surface area (Å²) in [5, 5.41) is 0. The SMILES string of the molecule is COc1ccc2c(c1)CN(CCC1CCN(CC[C@@H]3CCCC[C@@H]3OC)CC1)CCOCC=N2. The fraction of sp³-hybridized carbons (Fsp3) is 0.750. The van der Waals surface area contributed by atoms with Crippen LogP contribution in [0, 0.1) is 11.8 Å². The number of hydrogen-bond donors (Lipinski definition) is 0. The zero-order chi connectivity index (χ0) is 23.6. The molecule has 0 N–H and O–H groups in total. The second-order valence-electron chi connectivity index (χ2n) is 10.3. The summed E-state index contributed by atoms with van der Waals surface area (Å²) in [6, 6.07) is 6.19. The van der Waals surface area contributed by atoms with E-state index in [-0.39, 0.29) is 0 Å². The molecule has 1 aromatic carbocycles. The molecular weight excluding hydrogens is 426 g/mol. The van der Waals surface area contributed by atoms with Crippen molar-refractivity contribution in [2.45, 2.75) is 64.0 Å². The molecule has 6 nitrogen and oxygen atoms in total. The van der Waals surface area contributed by atoms with Gasteiger partial charge in [-0.2, -0.15) is 0 Å². The molecule has 1 aromatic rings. The number of hydrogen-bond acceptors (Lipinski definition) is 6. The molecule has 6 heteroatoms. The van der Waals surface area contributed by atoms with E-state index in [0.717, 1.165) is 49.5 Å². The normalized spacial score (nSPS) is 25.7. The predicted octanol–water partition coefficient (Wildman–Crippen LogP) is 4.93. The van der Waals surface area contributed by atoms with E-state index >= 15 is 0 Å². The van der Waals surface area contributed by atoms with Crippen LogP contribution in [0.2, 0.25) is 0 Å². The van der Waals surface area contributed by atoms with Crippen LogP contribution in [0.25, 0.3) is 0 Å². The van der Waals surface area contributed by atoms with Crippen LogP contribution in [-0.4, -0.2) is 82.3 Å². The van der Waals surface area contributed by atoms with E-state index in [9.17, 15) is 0 Å². The van der Waals surface area contributed by atoms with Gasteiger partial charge >= 0.3 is 0 Å². The van der Waals surface area contributed by atoms with Gasteiger partial charge in [-0.25, -0.2) is 0 Å². The number of fused-ring (bicyclic) bond motifs is 1. The Morgan fingerprint density at radius 2 is 1.79 bits per heavy atom. The van der Waals surface area contributed by atoms with Crippen LogP contribution < -0.4 is 4.74 Å². The summed E-state index contributed by atoms with van der Waals surface area (Å²) >= 11 is 0. The number of benzene rings is 1. The molecule has 1 saturated heterocycles. The first-order valence-electron chi connectivity index (χ1n) is 13.5. The number of nitrogens with zero attached hydrogens (tertiary/aromatic N) is 3. The maximum absolute atomic E-state index is 5.77. The lowest BCUT2D eigenvalue weighted by molar-refractivity contribution is 0.0148. The van der Waals surface area contributed by atoms with Gasteiger partial charge in [-0.3, -0.25) is 9.89 Å². The topological polar surface area (TPSA) is 46.5 Å². The highest BCUT2D eigenvalue weighted by molar-refractivity contribution is 5.66. The van der Waals surface area contributed by atoms with Crippen LogP contribution in [0.5, 0.6) is 5.75 Å². The minimum absolute atomic E-state index is 0.498. The third-order valence-electron chi connectivity index (χ3n) is 8.17. The van der Waals surface area contributed by atoms with Crippen molar-refractivity contribution in [1.29, 1.82) is 0 Å². The first-order chi connectivity index (χ1) is 16.7. The molecule has 2 fully saturated rings. The Morgan fingerprint density at radius 1 is 0.971 bits per heavy atom. The highest BCUT2D eigenvalue weighted by Crippen LogP contribution is 2.30. The molecule has 2 aliphatic heterocycles. The second-order valence-corrected chi connectivity index (χ2v) is 10.3. The van der Waals surface area contributed by atoms with Gasteiger partial charge in [0.15, 0.2) is 0 Å². The maximum Gasteiger partial charge on any atom is 0.119 e. The average molecular weight is 472 g/mol. The zero-order valence-electron chi connectivity index (χ0n) is 21.4. The van der Waals surface area contributed by atoms with Gasteiger partial charge in [0.2, 0.25) is 0 Å². The maximum atomic E-state index is 5.77. The molecule has 4 rings (SSSR count). The Balaban J connectivity index is 1.23. The summed E-state index contributed by atoms with van der Waals surface area (Å²) in [6.45, 7) is 8.07. The van der Waals surface area contributed by atoms with E-state index < -0.39 is 0 Å². The van der Waals surface area contributed by atoms with Crippen LogP contribution in [0.4, 0.5) is 5.69 Å². The summed E-state index contributed by atoms with van der Waals surface area (Å²) in [6.07, 6.45) is 13.0. The Morgan fingerprint density at radius 3 is 2.62 bits per heavy atom. The van der Waals surface area contributed by atoms with Crippen molar-refractivity contribution in [1.82, 2.24) is 9.80 Å². The predicted molar refractivity (Wildman–Crippen MR) is 138 cm³/mol. The number of aliphatic imine (C=N–C) groups is 1. The second kappa shape index (κ2) is 13.6. The van der Waals surface area contributed by atoms with Crippen molar-refractivity contribution in [2.24, 2.45) is 16.8 Å². The van der Waals surface area contributed by atoms with Crippen molar-refractivity contribution in [3.8, 4) is 5.75 Å². The molecule has 190 valence electrons. The van der Waals surface area contributed by atoms with Gasteiger partial charge in [-0.15, -0.1) is 0 Å². The van der Waals surface area contributed by atoms with Crippen molar-refractivity contribution in [3.63, 3.8) is 0 Å². The van der Waals surface area contributed by atoms with Crippen LogP contribution in [-0.2, 0) is 16.0 Å². The lowest BCUT2D eigenvalue weighted by Gasteiger charge is -2.36. The number of methoxy groups -OCH3 is 2. The summed E-state index contributed by atoms with van der Waals surface area (Å²) < 4.78 is 17.0. The van der Waals surface area contributed by atoms with E-state index in [1.165, 1.54) is 76.6 Å². The Bertz CT molecular complexity index is 763. The Labute approximate surface area is 206 Å². The van der Waals surface area contributed by atoms with Gasteiger partial charge in [0, 0.05) is 26.4 Å². The molecule has 0 spiro atoms. The van der Waals surface area contributed by atoms with Crippen LogP contribution >= 0.6 is 0 Å². The van der Waals surface area contributed by atoms with E-state index in [4.69, 9.17) is 14.2 Å². The van der Waals surface area contributed by atoms with Gasteiger partial charge in [0.1, 0.15) is 5.75 Å². The third-order valence-corrected chi connectivity index (χ3v) is 8.17. The highest BCUT2D eigenvalue weighted by Gasteiger charge is 2.26. The summed E-state index contributed by atoms with van der Waals surface area (Å²) in [5.41, 5.74) is 2.27. The van der Waals surface area contributed by atoms with Gasteiger partial charge in [-0.1, -0.05) is 12.8 Å². The first kappa shape index (κ1) is 25.6. The summed E-state index contributed by atoms with van der Waals surface area (Å²) in [7, 11) is 3.63. The number of piperidine rings is 1. The van der Waals surface area contributed by atoms with E-state index in [2.05, 4.69) is 26.9 Å². The number of ether oxygens (including phenoxy) is 3. The Kier molecular flexibility index (Phi) is 10.2. The Hall–Kier alpha value is -1.47. The molecule has 0 bridgehead atoms. The van der Waals surface area contributed by atoms with E-state index in [1.54, 1.807) is 7.11 Å². The molecule has 0 amide bonds. The lowest BCUT2D eigenvalue weighted by atomic mass is 9.84. The standard InChI is InChI=1S/C28H45N3O3/c1-32-26-7-8-27-25(21-26)22-31(18-20-34-19-13-29-27)16-11-23-9-14-30(15-10-23)17-12-24-5-3-4-6-28(24)33-2/h7-8,13,21,23-24,28H,3-6,9-12,14-20,22H2,1-2H3/t24-,28-/m0/s1. The zero-order valence-corrected chi connectivity index (χ0v) is 21.4. The molecule has 34 heavy (non-hydrogen) atoms. The van der Waals surface area contributed by atoms with Gasteiger partial charge < -0.3 is 19.1 Å². The van der Waals surface area contributed by atoms with Crippen molar-refractivity contribution >= 4 is 11.9 Å². The highest BCUT2D eigenvalue weighted by atomic mass is 16.5. The molecule has 3 aliphatic rings. The molecule has 2 heterocycles. The minimum Gasteiger partial charge on any atom is -0.497 e. The van der Waals surface area contributed by atoms with Crippen molar-refractivity contribution in [2.75, 3.05) is 60.2 Å². The quantitative estimate of drug-likeness (QED) is 0.538. The molecule has 0 unspecified atom stereocenters. The fourth-order valence-corrected chi connectivity index (χ4v) is 5.94. The van der Waals surface area contributed by atoms with E-state index in [1.807, 2.05) is 19.4 Å². The van der Waals surface area contributed by atoms with E-state index in [0.29, 0.717) is 12.7 Å². The van der Waals surface area contributed by atoms with Gasteiger partial charge in [0.25, 0.3) is 0 Å². The molecule has 0 radical (unpaired) electrons. The molecule has 2 atom stereocenters. The van der Waals surface area contributed by atoms with Crippen LogP contribution in [0.1, 0.15) is 56.9 Å². The first-order valence-corrected chi connectivity index (χ1v) is 13.5. The average Bonchev–Trinajstić information content (AvgIpc) is 2.89. The summed E-state index contributed by atoms with van der Waals surface area (Å²) in [5.74, 6) is 2.50. The fourth-order valence-electron chi connectivity index (χ4n) is 5.94. The lowest BCUT2D eigenvalue weighted by Crippen LogP contribution is -2.38. The molecule has 1 saturated carbocycles. The summed E-state index contributed by atoms with van der Waals surface area (Å²) in [4.78, 5) is 9.88. The smallest absolute Gasteiger partial charge is 0.119 e. The minimum atomic E-state index is 0.498.